The molecule has 5 nitrogen and oxygen atoms in total. The Morgan fingerprint density at radius 3 is 2.40 bits per heavy atom. The van der Waals surface area contributed by atoms with Crippen molar-refractivity contribution in [3.63, 3.8) is 0 Å². The van der Waals surface area contributed by atoms with Gasteiger partial charge in [0.2, 0.25) is 0 Å². The number of nitrogens with two attached hydrogens (primary N) is 1. The van der Waals surface area contributed by atoms with Crippen LogP contribution >= 0.6 is 0 Å². The number of nitrogens with zero attached hydrogens (tertiary/aromatic N) is 4. The molecule has 1 saturated heterocycles. The van der Waals surface area contributed by atoms with Crippen molar-refractivity contribution in [1.82, 2.24) is 4.90 Å². The first-order chi connectivity index (χ1) is 14.2. The number of benzene rings is 1. The zero-order valence-corrected chi connectivity index (χ0v) is 16.2. The predicted octanol–water partition coefficient (Wildman–Crippen LogP) is 3.74. The molecule has 3 atom stereocenters. The first-order valence-electron chi connectivity index (χ1n) is 9.55. The van der Waals surface area contributed by atoms with E-state index < -0.39 is 23.1 Å². The molecule has 1 aliphatic carbocycles. The van der Waals surface area contributed by atoms with Crippen LogP contribution in [0.4, 0.5) is 13.2 Å². The second kappa shape index (κ2) is 6.62. The van der Waals surface area contributed by atoms with Gasteiger partial charge in [-0.3, -0.25) is 4.90 Å². The first-order valence-corrected chi connectivity index (χ1v) is 9.55. The molecule has 1 aromatic carbocycles. The Balaban J connectivity index is 2.10. The Kier molecular flexibility index (Phi) is 4.42. The predicted molar refractivity (Wildman–Crippen MR) is 101 cm³/mol. The third-order valence-electron chi connectivity index (χ3n) is 6.77. The Morgan fingerprint density at radius 1 is 1.13 bits per heavy atom. The summed E-state index contributed by atoms with van der Waals surface area (Å²) in [5.41, 5.74) is 4.04. The molecule has 0 aromatic heterocycles. The lowest BCUT2D eigenvalue weighted by molar-refractivity contribution is -0.138. The molecular weight excluding hydrogens is 391 g/mol. The summed E-state index contributed by atoms with van der Waals surface area (Å²) >= 11 is 0. The molecule has 152 valence electrons. The first kappa shape index (κ1) is 20.0. The lowest BCUT2D eigenvalue weighted by Gasteiger charge is -2.45. The number of hydrogen-bond donors (Lipinski definition) is 1. The largest absolute Gasteiger partial charge is 0.416 e. The minimum Gasteiger partial charge on any atom is -0.399 e. The average molecular weight is 409 g/mol. The van der Waals surface area contributed by atoms with E-state index >= 15 is 0 Å². The van der Waals surface area contributed by atoms with Crippen LogP contribution in [0.15, 0.2) is 46.7 Å². The fraction of sp³-hybridized carbons (Fsp3) is 0.409. The SMILES string of the molecule is CN1C2CCC1C1=C(C2)C(C#N)=C(N)C(C#N)(C#N)C1c1ccccc1C(F)(F)F. The lowest BCUT2D eigenvalue weighted by atomic mass is 9.59. The van der Waals surface area contributed by atoms with E-state index in [1.54, 1.807) is 0 Å². The van der Waals surface area contributed by atoms with E-state index in [4.69, 9.17) is 5.73 Å². The topological polar surface area (TPSA) is 101 Å². The smallest absolute Gasteiger partial charge is 0.399 e. The van der Waals surface area contributed by atoms with Gasteiger partial charge in [-0.2, -0.15) is 29.0 Å². The van der Waals surface area contributed by atoms with Gasteiger partial charge in [-0.15, -0.1) is 0 Å². The van der Waals surface area contributed by atoms with Crippen LogP contribution in [0, 0.1) is 39.4 Å². The van der Waals surface area contributed by atoms with Crippen molar-refractivity contribution in [2.24, 2.45) is 11.1 Å². The minimum absolute atomic E-state index is 0.0684. The van der Waals surface area contributed by atoms with E-state index in [0.29, 0.717) is 24.0 Å². The molecule has 2 N–H and O–H groups in total. The molecule has 3 unspecified atom stereocenters. The fourth-order valence-electron chi connectivity index (χ4n) is 5.36. The van der Waals surface area contributed by atoms with E-state index in [-0.39, 0.29) is 28.9 Å². The summed E-state index contributed by atoms with van der Waals surface area (Å²) in [6, 6.07) is 10.8. The van der Waals surface area contributed by atoms with E-state index in [0.717, 1.165) is 12.5 Å². The molecule has 30 heavy (non-hydrogen) atoms. The summed E-state index contributed by atoms with van der Waals surface area (Å²) in [6.45, 7) is 0. The zero-order valence-electron chi connectivity index (χ0n) is 16.2. The van der Waals surface area contributed by atoms with Crippen molar-refractivity contribution in [2.75, 3.05) is 7.05 Å². The monoisotopic (exact) mass is 409 g/mol. The zero-order chi connectivity index (χ0) is 21.8. The number of halogens is 3. The van der Waals surface area contributed by atoms with Crippen LogP contribution in [-0.4, -0.2) is 24.0 Å². The molecule has 1 aromatic rings. The summed E-state index contributed by atoms with van der Waals surface area (Å²) in [7, 11) is 1.90. The third-order valence-corrected chi connectivity index (χ3v) is 6.77. The van der Waals surface area contributed by atoms with Crippen molar-refractivity contribution in [1.29, 1.82) is 15.8 Å². The van der Waals surface area contributed by atoms with Crippen molar-refractivity contribution in [2.45, 2.75) is 43.4 Å². The summed E-state index contributed by atoms with van der Waals surface area (Å²) in [5.74, 6) is -1.20. The van der Waals surface area contributed by atoms with Gasteiger partial charge in [-0.1, -0.05) is 18.2 Å². The van der Waals surface area contributed by atoms with Crippen LogP contribution in [-0.2, 0) is 6.18 Å². The second-order valence-corrected chi connectivity index (χ2v) is 8.00. The van der Waals surface area contributed by atoms with E-state index in [1.807, 2.05) is 25.3 Å². The maximum atomic E-state index is 13.9. The van der Waals surface area contributed by atoms with E-state index in [1.165, 1.54) is 18.2 Å². The lowest BCUT2D eigenvalue weighted by Crippen LogP contribution is -2.47. The average Bonchev–Trinajstić information content (AvgIpc) is 2.95. The number of allylic oxidation sites excluding steroid dienone is 2. The summed E-state index contributed by atoms with van der Waals surface area (Å²) in [6.07, 6.45) is -2.69. The van der Waals surface area contributed by atoms with Crippen LogP contribution in [0.1, 0.15) is 36.3 Å². The molecule has 4 rings (SSSR count). The number of likely N-dealkylation sites (N-methyl/N-ethyl adjacent to an activating group) is 1. The van der Waals surface area contributed by atoms with Crippen LogP contribution in [0.3, 0.4) is 0 Å². The number of rotatable bonds is 1. The fourth-order valence-corrected chi connectivity index (χ4v) is 5.36. The van der Waals surface area contributed by atoms with Crippen LogP contribution in [0.2, 0.25) is 0 Å². The summed E-state index contributed by atoms with van der Waals surface area (Å²) in [4.78, 5) is 2.08. The van der Waals surface area contributed by atoms with Crippen molar-refractivity contribution in [3.8, 4) is 18.2 Å². The Bertz CT molecular complexity index is 1100. The van der Waals surface area contributed by atoms with Crippen molar-refractivity contribution < 1.29 is 13.2 Å². The Morgan fingerprint density at radius 2 is 1.80 bits per heavy atom. The quantitative estimate of drug-likeness (QED) is 0.762. The van der Waals surface area contributed by atoms with Gasteiger partial charge in [0.25, 0.3) is 0 Å². The molecule has 1 fully saturated rings. The molecular formula is C22H18F3N5. The van der Waals surface area contributed by atoms with Gasteiger partial charge < -0.3 is 5.73 Å². The third kappa shape index (κ3) is 2.49. The van der Waals surface area contributed by atoms with E-state index in [2.05, 4.69) is 4.90 Å². The second-order valence-electron chi connectivity index (χ2n) is 8.00. The van der Waals surface area contributed by atoms with Crippen LogP contribution < -0.4 is 5.73 Å². The molecule has 0 amide bonds. The number of nitriles is 3. The highest BCUT2D eigenvalue weighted by atomic mass is 19.4. The van der Waals surface area contributed by atoms with Crippen molar-refractivity contribution >= 4 is 0 Å². The molecule has 0 spiro atoms. The highest BCUT2D eigenvalue weighted by molar-refractivity contribution is 5.64. The summed E-state index contributed by atoms with van der Waals surface area (Å²) < 4.78 is 41.7. The standard InChI is InChI=1S/C22H18F3N5/c1-30-12-6-7-17(30)18-14(8-12)15(9-26)20(29)21(10-27,11-28)19(18)13-4-2-3-5-16(13)22(23,24)25/h2-5,12,17,19H,6-8,29H2,1H3. The molecule has 2 aliphatic heterocycles. The van der Waals surface area contributed by atoms with E-state index in [9.17, 15) is 29.0 Å². The molecule has 3 aliphatic rings. The number of fused-ring (bicyclic) bond motifs is 3. The van der Waals surface area contributed by atoms with Gasteiger partial charge in [0.1, 0.15) is 6.07 Å². The van der Waals surface area contributed by atoms with Gasteiger partial charge in [0.05, 0.1) is 29.0 Å². The van der Waals surface area contributed by atoms with Gasteiger partial charge in [0.15, 0.2) is 5.41 Å². The molecule has 2 bridgehead atoms. The molecule has 2 heterocycles. The highest BCUT2D eigenvalue weighted by Crippen LogP contribution is 2.58. The van der Waals surface area contributed by atoms with Gasteiger partial charge in [0, 0.05) is 18.0 Å². The maximum absolute atomic E-state index is 13.9. The van der Waals surface area contributed by atoms with Crippen LogP contribution in [0.25, 0.3) is 0 Å². The molecule has 0 saturated carbocycles. The van der Waals surface area contributed by atoms with Crippen molar-refractivity contribution in [3.05, 3.63) is 57.8 Å². The number of alkyl halides is 3. The van der Waals surface area contributed by atoms with Crippen LogP contribution in [0.5, 0.6) is 0 Å². The van der Waals surface area contributed by atoms with Gasteiger partial charge >= 0.3 is 6.18 Å². The maximum Gasteiger partial charge on any atom is 0.416 e. The minimum atomic E-state index is -4.67. The number of hydrogen-bond acceptors (Lipinski definition) is 5. The van der Waals surface area contributed by atoms with Gasteiger partial charge in [-0.25, -0.2) is 0 Å². The Hall–Kier alpha value is -3.28. The summed E-state index contributed by atoms with van der Waals surface area (Å²) in [5, 5.41) is 29.9. The van der Waals surface area contributed by atoms with Gasteiger partial charge in [-0.05, 0) is 49.1 Å². The Labute approximate surface area is 172 Å². The normalized spacial score (nSPS) is 27.8. The highest BCUT2D eigenvalue weighted by Gasteiger charge is 2.57. The molecule has 0 radical (unpaired) electrons. The molecule has 8 heteroatoms.